The van der Waals surface area contributed by atoms with E-state index in [1.165, 1.54) is 0 Å². The highest BCUT2D eigenvalue weighted by atomic mass is 16.5. The lowest BCUT2D eigenvalue weighted by Gasteiger charge is -2.19. The molecule has 144 valence electrons. The summed E-state index contributed by atoms with van der Waals surface area (Å²) < 4.78 is 5.36. The van der Waals surface area contributed by atoms with Gasteiger partial charge in [-0.05, 0) is 54.5 Å². The van der Waals surface area contributed by atoms with Crippen molar-refractivity contribution in [3.05, 3.63) is 64.7 Å². The van der Waals surface area contributed by atoms with Crippen LogP contribution in [-0.4, -0.2) is 18.0 Å². The van der Waals surface area contributed by atoms with Gasteiger partial charge in [-0.15, -0.1) is 0 Å². The Kier molecular flexibility index (Phi) is 6.42. The van der Waals surface area contributed by atoms with Gasteiger partial charge in [0, 0.05) is 5.69 Å². The lowest BCUT2D eigenvalue weighted by molar-refractivity contribution is -0.123. The maximum atomic E-state index is 12.5. The molecule has 1 atom stereocenters. The molecule has 0 spiro atoms. The van der Waals surface area contributed by atoms with Crippen molar-refractivity contribution >= 4 is 17.6 Å². The van der Waals surface area contributed by atoms with Crippen LogP contribution in [0.2, 0.25) is 0 Å². The van der Waals surface area contributed by atoms with Crippen LogP contribution in [0.3, 0.4) is 0 Å². The van der Waals surface area contributed by atoms with Crippen molar-refractivity contribution < 1.29 is 14.3 Å². The van der Waals surface area contributed by atoms with E-state index < -0.39 is 12.1 Å². The van der Waals surface area contributed by atoms with Crippen molar-refractivity contribution in [2.45, 2.75) is 59.5 Å². The first-order valence-electron chi connectivity index (χ1n) is 9.34. The summed E-state index contributed by atoms with van der Waals surface area (Å²) in [5.41, 5.74) is 4.42. The number of esters is 1. The van der Waals surface area contributed by atoms with Crippen molar-refractivity contribution in [3.63, 3.8) is 0 Å². The van der Waals surface area contributed by atoms with Gasteiger partial charge < -0.3 is 10.1 Å². The zero-order chi connectivity index (χ0) is 20.2. The third-order valence-electron chi connectivity index (χ3n) is 4.63. The van der Waals surface area contributed by atoms with Crippen LogP contribution in [0.1, 0.15) is 61.7 Å². The van der Waals surface area contributed by atoms with E-state index in [1.54, 1.807) is 19.1 Å². The lowest BCUT2D eigenvalue weighted by atomic mass is 9.87. The first kappa shape index (κ1) is 20.7. The molecule has 0 bridgehead atoms. The summed E-state index contributed by atoms with van der Waals surface area (Å²) in [4.78, 5) is 24.9. The van der Waals surface area contributed by atoms with Crippen LogP contribution in [0.5, 0.6) is 0 Å². The van der Waals surface area contributed by atoms with Gasteiger partial charge in [-0.3, -0.25) is 4.79 Å². The van der Waals surface area contributed by atoms with Gasteiger partial charge >= 0.3 is 5.97 Å². The van der Waals surface area contributed by atoms with Gasteiger partial charge in [-0.1, -0.05) is 58.0 Å². The largest absolute Gasteiger partial charge is 0.449 e. The van der Waals surface area contributed by atoms with Gasteiger partial charge in [0.05, 0.1) is 5.56 Å². The quantitative estimate of drug-likeness (QED) is 0.753. The number of carbonyl (C=O) groups excluding carboxylic acids is 2. The molecular formula is C23H29NO3. The Morgan fingerprint density at radius 1 is 1.07 bits per heavy atom. The summed E-state index contributed by atoms with van der Waals surface area (Å²) in [5.74, 6) is -0.836. The van der Waals surface area contributed by atoms with Gasteiger partial charge in [-0.25, -0.2) is 4.79 Å². The SMILES string of the molecule is CCc1cccc(C)c1NC(=O)[C@H](C)OC(=O)c1ccc(C(C)(C)C)cc1. The number of ether oxygens (including phenoxy) is 1. The lowest BCUT2D eigenvalue weighted by Crippen LogP contribution is -2.30. The molecule has 2 aromatic carbocycles. The van der Waals surface area contributed by atoms with E-state index in [-0.39, 0.29) is 11.3 Å². The summed E-state index contributed by atoms with van der Waals surface area (Å²) in [7, 11) is 0. The van der Waals surface area contributed by atoms with Crippen molar-refractivity contribution in [2.24, 2.45) is 0 Å². The van der Waals surface area contributed by atoms with E-state index in [0.717, 1.165) is 28.8 Å². The second-order valence-corrected chi connectivity index (χ2v) is 7.83. The van der Waals surface area contributed by atoms with Gasteiger partial charge in [0.25, 0.3) is 5.91 Å². The molecule has 0 saturated carbocycles. The van der Waals surface area contributed by atoms with Crippen LogP contribution in [-0.2, 0) is 21.4 Å². The Bertz CT molecular complexity index is 817. The van der Waals surface area contributed by atoms with Crippen LogP contribution in [0, 0.1) is 6.92 Å². The summed E-state index contributed by atoms with van der Waals surface area (Å²) >= 11 is 0. The summed E-state index contributed by atoms with van der Waals surface area (Å²) in [6.07, 6.45) is -0.0740. The number of benzene rings is 2. The number of amides is 1. The molecular weight excluding hydrogens is 338 g/mol. The Balaban J connectivity index is 2.05. The maximum Gasteiger partial charge on any atom is 0.338 e. The first-order valence-corrected chi connectivity index (χ1v) is 9.34. The van der Waals surface area contributed by atoms with Crippen LogP contribution in [0.25, 0.3) is 0 Å². The zero-order valence-corrected chi connectivity index (χ0v) is 17.1. The standard InChI is InChI=1S/C23H29NO3/c1-7-17-10-8-9-15(2)20(17)24-21(25)16(3)27-22(26)18-11-13-19(14-12-18)23(4,5)6/h8-14,16H,7H2,1-6H3,(H,24,25)/t16-/m0/s1. The summed E-state index contributed by atoms with van der Waals surface area (Å²) in [5, 5.41) is 2.90. The maximum absolute atomic E-state index is 12.5. The number of anilines is 1. The number of hydrogen-bond donors (Lipinski definition) is 1. The fourth-order valence-electron chi connectivity index (χ4n) is 2.82. The van der Waals surface area contributed by atoms with E-state index in [1.807, 2.05) is 44.2 Å². The van der Waals surface area contributed by atoms with E-state index in [2.05, 4.69) is 26.1 Å². The molecule has 4 nitrogen and oxygen atoms in total. The fourth-order valence-corrected chi connectivity index (χ4v) is 2.82. The highest BCUT2D eigenvalue weighted by molar-refractivity contribution is 5.98. The molecule has 0 heterocycles. The molecule has 0 aromatic heterocycles. The van der Waals surface area contributed by atoms with Crippen LogP contribution >= 0.6 is 0 Å². The molecule has 27 heavy (non-hydrogen) atoms. The molecule has 0 saturated heterocycles. The molecule has 0 aliphatic carbocycles. The number of rotatable bonds is 5. The Labute approximate surface area is 161 Å². The van der Waals surface area contributed by atoms with E-state index in [4.69, 9.17) is 4.74 Å². The van der Waals surface area contributed by atoms with Gasteiger partial charge in [0.15, 0.2) is 6.10 Å². The second-order valence-electron chi connectivity index (χ2n) is 7.83. The third kappa shape index (κ3) is 5.19. The minimum absolute atomic E-state index is 0.0140. The molecule has 0 aliphatic rings. The summed E-state index contributed by atoms with van der Waals surface area (Å²) in [6.45, 7) is 11.9. The van der Waals surface area contributed by atoms with Crippen molar-refractivity contribution in [1.82, 2.24) is 0 Å². The van der Waals surface area contributed by atoms with Gasteiger partial charge in [0.1, 0.15) is 0 Å². The van der Waals surface area contributed by atoms with Crippen molar-refractivity contribution in [2.75, 3.05) is 5.32 Å². The molecule has 4 heteroatoms. The van der Waals surface area contributed by atoms with E-state index in [9.17, 15) is 9.59 Å². The highest BCUT2D eigenvalue weighted by Gasteiger charge is 2.21. The second kappa shape index (κ2) is 8.38. The first-order chi connectivity index (χ1) is 12.6. The Hall–Kier alpha value is -2.62. The highest BCUT2D eigenvalue weighted by Crippen LogP contribution is 2.23. The predicted octanol–water partition coefficient (Wildman–Crippen LogP) is 5.04. The van der Waals surface area contributed by atoms with Crippen LogP contribution < -0.4 is 5.32 Å². The molecule has 0 radical (unpaired) electrons. The molecule has 2 aromatic rings. The smallest absolute Gasteiger partial charge is 0.338 e. The van der Waals surface area contributed by atoms with Gasteiger partial charge in [-0.2, -0.15) is 0 Å². The number of nitrogens with one attached hydrogen (secondary N) is 1. The number of carbonyl (C=O) groups is 2. The average Bonchev–Trinajstić information content (AvgIpc) is 2.62. The summed E-state index contributed by atoms with van der Waals surface area (Å²) in [6, 6.07) is 13.2. The minimum Gasteiger partial charge on any atom is -0.449 e. The molecule has 0 aliphatic heterocycles. The number of aryl methyl sites for hydroxylation is 2. The predicted molar refractivity (Wildman–Crippen MR) is 109 cm³/mol. The van der Waals surface area contributed by atoms with Crippen LogP contribution in [0.15, 0.2) is 42.5 Å². The third-order valence-corrected chi connectivity index (χ3v) is 4.63. The van der Waals surface area contributed by atoms with Crippen LogP contribution in [0.4, 0.5) is 5.69 Å². The molecule has 2 rings (SSSR count). The Morgan fingerprint density at radius 3 is 2.26 bits per heavy atom. The number of para-hydroxylation sites is 1. The zero-order valence-electron chi connectivity index (χ0n) is 17.1. The van der Waals surface area contributed by atoms with Crippen molar-refractivity contribution in [1.29, 1.82) is 0 Å². The molecule has 1 amide bonds. The van der Waals surface area contributed by atoms with E-state index >= 15 is 0 Å². The van der Waals surface area contributed by atoms with E-state index in [0.29, 0.717) is 5.56 Å². The monoisotopic (exact) mass is 367 g/mol. The van der Waals surface area contributed by atoms with Gasteiger partial charge in [0.2, 0.25) is 0 Å². The molecule has 1 N–H and O–H groups in total. The Morgan fingerprint density at radius 2 is 1.70 bits per heavy atom. The average molecular weight is 367 g/mol. The molecule has 0 unspecified atom stereocenters. The topological polar surface area (TPSA) is 55.4 Å². The fraction of sp³-hybridized carbons (Fsp3) is 0.391. The molecule has 0 fully saturated rings. The van der Waals surface area contributed by atoms with Crippen molar-refractivity contribution in [3.8, 4) is 0 Å². The minimum atomic E-state index is -0.885. The normalized spacial score (nSPS) is 12.4. The number of hydrogen-bond acceptors (Lipinski definition) is 3.